The molecule has 0 saturated heterocycles. The molecule has 0 radical (unpaired) electrons. The summed E-state index contributed by atoms with van der Waals surface area (Å²) in [6, 6.07) is 0. The lowest BCUT2D eigenvalue weighted by atomic mass is 9.90. The monoisotopic (exact) mass is 1780 g/mol. The normalized spacial score (nSPS) is 11.2. The molecule has 0 aliphatic carbocycles. The Balaban J connectivity index is 0.000000474. The van der Waals surface area contributed by atoms with E-state index < -0.39 is 0 Å². The SMILES string of the molecule is COCCOCCOCc1c(CI)c(CI)c(CI)c(CI)c1CI.COCCOCc1c(CI)c(CI)c(CI)c(CI)c1CI. The molecule has 0 spiro atoms. The Morgan fingerprint density at radius 1 is 0.277 bits per heavy atom. The lowest BCUT2D eigenvalue weighted by Crippen LogP contribution is -2.13. The quantitative estimate of drug-likeness (QED) is 0.0630. The third kappa shape index (κ3) is 16.1. The van der Waals surface area contributed by atoms with Gasteiger partial charge >= 0.3 is 0 Å². The van der Waals surface area contributed by atoms with Crippen LogP contribution in [0, 0.1) is 0 Å². The summed E-state index contributed by atoms with van der Waals surface area (Å²) in [5, 5.41) is 0. The van der Waals surface area contributed by atoms with Gasteiger partial charge in [-0.05, 0) is 66.8 Å². The molecular formula is C32H42I10O5. The highest BCUT2D eigenvalue weighted by molar-refractivity contribution is 14.1. The van der Waals surface area contributed by atoms with E-state index in [0.717, 1.165) is 44.3 Å². The molecule has 5 nitrogen and oxygen atoms in total. The second kappa shape index (κ2) is 31.6. The molecule has 0 atom stereocenters. The number of methoxy groups -OCH3 is 2. The Hall–Kier alpha value is 5.54. The molecule has 270 valence electrons. The summed E-state index contributed by atoms with van der Waals surface area (Å²) < 4.78 is 38.0. The third-order valence-corrected chi connectivity index (χ3v) is 15.1. The molecule has 0 amide bonds. The van der Waals surface area contributed by atoms with E-state index in [0.29, 0.717) is 52.9 Å². The fourth-order valence-electron chi connectivity index (χ4n) is 5.00. The highest BCUT2D eigenvalue weighted by Gasteiger charge is 2.22. The van der Waals surface area contributed by atoms with Crippen molar-refractivity contribution in [1.29, 1.82) is 0 Å². The summed E-state index contributed by atoms with van der Waals surface area (Å²) in [4.78, 5) is 0. The van der Waals surface area contributed by atoms with Crippen molar-refractivity contribution in [2.75, 3.05) is 53.9 Å². The molecule has 2 aromatic rings. The van der Waals surface area contributed by atoms with E-state index in [1.807, 2.05) is 0 Å². The van der Waals surface area contributed by atoms with Gasteiger partial charge in [-0.3, -0.25) is 0 Å². The van der Waals surface area contributed by atoms with Crippen LogP contribution in [0.1, 0.15) is 66.8 Å². The lowest BCUT2D eigenvalue weighted by Gasteiger charge is -2.23. The Morgan fingerprint density at radius 3 is 0.702 bits per heavy atom. The number of alkyl halides is 10. The Labute approximate surface area is 419 Å². The van der Waals surface area contributed by atoms with Crippen LogP contribution in [0.2, 0.25) is 0 Å². The van der Waals surface area contributed by atoms with Gasteiger partial charge in [0, 0.05) is 58.5 Å². The van der Waals surface area contributed by atoms with Crippen LogP contribution in [-0.2, 0) is 81.2 Å². The van der Waals surface area contributed by atoms with E-state index in [2.05, 4.69) is 226 Å². The number of hydrogen-bond donors (Lipinski definition) is 0. The van der Waals surface area contributed by atoms with Gasteiger partial charge in [0.1, 0.15) is 0 Å². The Bertz CT molecular complexity index is 1120. The predicted molar refractivity (Wildman–Crippen MR) is 284 cm³/mol. The molecule has 2 aromatic carbocycles. The molecule has 2 rings (SSSR count). The predicted octanol–water partition coefficient (Wildman–Crippen LogP) is 13.1. The largest absolute Gasteiger partial charge is 0.382 e. The minimum Gasteiger partial charge on any atom is -0.382 e. The van der Waals surface area contributed by atoms with Crippen molar-refractivity contribution >= 4 is 226 Å². The maximum Gasteiger partial charge on any atom is 0.0724 e. The molecule has 0 saturated carbocycles. The minimum atomic E-state index is 0.618. The zero-order valence-corrected chi connectivity index (χ0v) is 48.1. The van der Waals surface area contributed by atoms with Crippen molar-refractivity contribution in [2.45, 2.75) is 57.5 Å². The Kier molecular flexibility index (Phi) is 34.0. The van der Waals surface area contributed by atoms with Crippen LogP contribution in [-0.4, -0.2) is 53.9 Å². The molecule has 0 heterocycles. The summed E-state index contributed by atoms with van der Waals surface area (Å²) in [6.07, 6.45) is 0. The number of halogens is 10. The molecule has 0 N–H and O–H groups in total. The average molecular weight is 1780 g/mol. The third-order valence-electron chi connectivity index (χ3n) is 7.44. The summed E-state index contributed by atoms with van der Waals surface area (Å²) in [5.41, 5.74) is 18.0. The van der Waals surface area contributed by atoms with E-state index in [-0.39, 0.29) is 0 Å². The molecule has 47 heavy (non-hydrogen) atoms. The van der Waals surface area contributed by atoms with Gasteiger partial charge in [0.2, 0.25) is 0 Å². The molecule has 0 aliphatic heterocycles. The van der Waals surface area contributed by atoms with Gasteiger partial charge in [0.15, 0.2) is 0 Å². The zero-order valence-electron chi connectivity index (χ0n) is 26.5. The maximum absolute atomic E-state index is 5.98. The summed E-state index contributed by atoms with van der Waals surface area (Å²) in [5.74, 6) is 0. The minimum absolute atomic E-state index is 0.618. The molecule has 0 unspecified atom stereocenters. The summed E-state index contributed by atoms with van der Waals surface area (Å²) in [6.45, 7) is 5.20. The van der Waals surface area contributed by atoms with E-state index in [1.165, 1.54) is 55.6 Å². The van der Waals surface area contributed by atoms with E-state index in [9.17, 15) is 0 Å². The van der Waals surface area contributed by atoms with Gasteiger partial charge in [0.25, 0.3) is 0 Å². The fraction of sp³-hybridized carbons (Fsp3) is 0.625. The second-order valence-electron chi connectivity index (χ2n) is 9.78. The van der Waals surface area contributed by atoms with Gasteiger partial charge in [-0.2, -0.15) is 0 Å². The van der Waals surface area contributed by atoms with E-state index in [1.54, 1.807) is 25.3 Å². The topological polar surface area (TPSA) is 46.2 Å². The summed E-state index contributed by atoms with van der Waals surface area (Å²) >= 11 is 25.0. The zero-order chi connectivity index (χ0) is 35.2. The first-order valence-corrected chi connectivity index (χ1v) is 29.8. The van der Waals surface area contributed by atoms with Crippen LogP contribution in [0.3, 0.4) is 0 Å². The number of hydrogen-bond acceptors (Lipinski definition) is 5. The van der Waals surface area contributed by atoms with Crippen LogP contribution >= 0.6 is 226 Å². The second-order valence-corrected chi connectivity index (χ2v) is 17.4. The maximum atomic E-state index is 5.98. The first-order chi connectivity index (χ1) is 22.9. The van der Waals surface area contributed by atoms with Gasteiger partial charge in [0.05, 0.1) is 52.9 Å². The van der Waals surface area contributed by atoms with Crippen molar-refractivity contribution in [2.24, 2.45) is 0 Å². The van der Waals surface area contributed by atoms with Crippen molar-refractivity contribution in [3.05, 3.63) is 66.8 Å². The molecule has 0 bridgehead atoms. The van der Waals surface area contributed by atoms with Crippen molar-refractivity contribution in [3.63, 3.8) is 0 Å². The van der Waals surface area contributed by atoms with Crippen LogP contribution in [0.15, 0.2) is 0 Å². The van der Waals surface area contributed by atoms with Gasteiger partial charge < -0.3 is 23.7 Å². The first kappa shape index (κ1) is 50.6. The molecule has 0 fully saturated rings. The molecule has 15 heteroatoms. The molecule has 0 aliphatic rings. The Morgan fingerprint density at radius 2 is 0.468 bits per heavy atom. The van der Waals surface area contributed by atoms with Gasteiger partial charge in [-0.15, -0.1) is 0 Å². The highest BCUT2D eigenvalue weighted by Crippen LogP contribution is 2.37. The standard InChI is InChI=1S/C17H23I5O3.C15H19I5O2/c1-23-2-3-24-4-5-25-11-17-15(9-21)13(7-19)12(6-18)14(8-20)16(17)10-22;1-21-2-3-22-9-15-13(7-19)11(5-17)10(4-16)12(6-18)14(15)8-20/h2-11H2,1H3;2-9H2,1H3. The van der Waals surface area contributed by atoms with Crippen molar-refractivity contribution in [3.8, 4) is 0 Å². The fourth-order valence-corrected chi connectivity index (χ4v) is 14.2. The smallest absolute Gasteiger partial charge is 0.0724 e. The number of benzene rings is 2. The van der Waals surface area contributed by atoms with Crippen molar-refractivity contribution < 1.29 is 23.7 Å². The first-order valence-electron chi connectivity index (χ1n) is 14.5. The average Bonchev–Trinajstić information content (AvgIpc) is 3.10. The van der Waals surface area contributed by atoms with Crippen molar-refractivity contribution in [1.82, 2.24) is 0 Å². The number of ether oxygens (including phenoxy) is 5. The van der Waals surface area contributed by atoms with E-state index in [4.69, 9.17) is 23.7 Å². The summed E-state index contributed by atoms with van der Waals surface area (Å²) in [7, 11) is 3.40. The molecular weight excluding hydrogens is 1730 g/mol. The number of rotatable bonds is 23. The van der Waals surface area contributed by atoms with Crippen LogP contribution in [0.4, 0.5) is 0 Å². The lowest BCUT2D eigenvalue weighted by molar-refractivity contribution is 0.0197. The van der Waals surface area contributed by atoms with Crippen LogP contribution in [0.5, 0.6) is 0 Å². The van der Waals surface area contributed by atoms with Crippen LogP contribution in [0.25, 0.3) is 0 Å². The van der Waals surface area contributed by atoms with Crippen LogP contribution < -0.4 is 0 Å². The van der Waals surface area contributed by atoms with Gasteiger partial charge in [-0.1, -0.05) is 226 Å². The van der Waals surface area contributed by atoms with E-state index >= 15 is 0 Å². The highest BCUT2D eigenvalue weighted by atomic mass is 127. The van der Waals surface area contributed by atoms with Gasteiger partial charge in [-0.25, -0.2) is 0 Å². The molecule has 0 aromatic heterocycles.